The van der Waals surface area contributed by atoms with E-state index >= 15 is 0 Å². The summed E-state index contributed by atoms with van der Waals surface area (Å²) in [6, 6.07) is 11.6. The van der Waals surface area contributed by atoms with Crippen molar-refractivity contribution in [1.82, 2.24) is 9.62 Å². The van der Waals surface area contributed by atoms with E-state index in [1.807, 2.05) is 0 Å². The lowest BCUT2D eigenvalue weighted by atomic mass is 10.1. The molecule has 2 aromatic rings. The second-order valence-corrected chi connectivity index (χ2v) is 7.28. The Balaban J connectivity index is 2.27. The molecule has 25 heavy (non-hydrogen) atoms. The zero-order valence-electron chi connectivity index (χ0n) is 13.7. The highest BCUT2D eigenvalue weighted by Crippen LogP contribution is 2.26. The molecule has 0 fully saturated rings. The highest BCUT2D eigenvalue weighted by atomic mass is 32.2. The Hall–Kier alpha value is -2.78. The lowest BCUT2D eigenvalue weighted by molar-refractivity contribution is -0.387. The molecular formula is C16H17N3O5S. The number of amides is 1. The zero-order valence-corrected chi connectivity index (χ0v) is 14.5. The van der Waals surface area contributed by atoms with E-state index in [1.165, 1.54) is 32.3 Å². The maximum atomic E-state index is 12.6. The number of sulfonamides is 1. The van der Waals surface area contributed by atoms with Gasteiger partial charge in [0.1, 0.15) is 0 Å². The second-order valence-electron chi connectivity index (χ2n) is 5.26. The molecule has 2 rings (SSSR count). The summed E-state index contributed by atoms with van der Waals surface area (Å²) in [5, 5.41) is 13.6. The van der Waals surface area contributed by atoms with Crippen molar-refractivity contribution in [2.75, 3.05) is 14.1 Å². The van der Waals surface area contributed by atoms with Crippen LogP contribution in [0.4, 0.5) is 5.69 Å². The third-order valence-corrected chi connectivity index (χ3v) is 5.45. The van der Waals surface area contributed by atoms with Crippen LogP contribution in [-0.2, 0) is 16.6 Å². The molecule has 1 N–H and O–H groups in total. The second kappa shape index (κ2) is 7.41. The summed E-state index contributed by atoms with van der Waals surface area (Å²) in [6.07, 6.45) is 0. The molecule has 0 bridgehead atoms. The highest BCUT2D eigenvalue weighted by molar-refractivity contribution is 7.89. The molecule has 0 aromatic heterocycles. The third kappa shape index (κ3) is 4.01. The zero-order chi connectivity index (χ0) is 18.6. The summed E-state index contributed by atoms with van der Waals surface area (Å²) in [4.78, 5) is 21.5. The van der Waals surface area contributed by atoms with Gasteiger partial charge in [0.25, 0.3) is 11.6 Å². The van der Waals surface area contributed by atoms with E-state index in [4.69, 9.17) is 0 Å². The normalized spacial score (nSPS) is 11.3. The number of carbonyl (C=O) groups is 1. The largest absolute Gasteiger partial charge is 0.355 e. The van der Waals surface area contributed by atoms with Gasteiger partial charge in [-0.1, -0.05) is 24.3 Å². The number of rotatable bonds is 6. The van der Waals surface area contributed by atoms with Gasteiger partial charge in [-0.25, -0.2) is 8.42 Å². The SMILES string of the molecule is CNC(=O)c1ccc(CN(C)S(=O)(=O)c2ccccc2[N+](=O)[O-])cc1. The van der Waals surface area contributed by atoms with E-state index in [2.05, 4.69) is 5.32 Å². The summed E-state index contributed by atoms with van der Waals surface area (Å²) < 4.78 is 26.3. The molecule has 0 radical (unpaired) electrons. The summed E-state index contributed by atoms with van der Waals surface area (Å²) in [5.74, 6) is -0.243. The van der Waals surface area contributed by atoms with E-state index in [-0.39, 0.29) is 17.3 Å². The van der Waals surface area contributed by atoms with Gasteiger partial charge in [-0.3, -0.25) is 14.9 Å². The number of hydrogen-bond acceptors (Lipinski definition) is 5. The smallest absolute Gasteiger partial charge is 0.289 e. The van der Waals surface area contributed by atoms with Crippen LogP contribution in [0.1, 0.15) is 15.9 Å². The van der Waals surface area contributed by atoms with Crippen molar-refractivity contribution < 1.29 is 18.1 Å². The molecule has 2 aromatic carbocycles. The van der Waals surface area contributed by atoms with E-state index in [0.717, 1.165) is 10.4 Å². The molecule has 132 valence electrons. The predicted molar refractivity (Wildman–Crippen MR) is 91.6 cm³/mol. The lowest BCUT2D eigenvalue weighted by Gasteiger charge is -2.17. The maximum absolute atomic E-state index is 12.6. The van der Waals surface area contributed by atoms with Gasteiger partial charge in [-0.05, 0) is 23.8 Å². The topological polar surface area (TPSA) is 110 Å². The van der Waals surface area contributed by atoms with Crippen LogP contribution in [0.3, 0.4) is 0 Å². The first-order valence-electron chi connectivity index (χ1n) is 7.28. The Kier molecular flexibility index (Phi) is 5.50. The van der Waals surface area contributed by atoms with Crippen molar-refractivity contribution in [2.24, 2.45) is 0 Å². The van der Waals surface area contributed by atoms with Crippen LogP contribution in [0.2, 0.25) is 0 Å². The van der Waals surface area contributed by atoms with Crippen LogP contribution >= 0.6 is 0 Å². The molecule has 0 aliphatic rings. The van der Waals surface area contributed by atoms with Crippen LogP contribution in [0.5, 0.6) is 0 Å². The average Bonchev–Trinajstić information content (AvgIpc) is 2.61. The number of para-hydroxylation sites is 1. The first-order valence-corrected chi connectivity index (χ1v) is 8.72. The fraction of sp³-hybridized carbons (Fsp3) is 0.188. The van der Waals surface area contributed by atoms with Crippen molar-refractivity contribution in [3.63, 3.8) is 0 Å². The monoisotopic (exact) mass is 363 g/mol. The van der Waals surface area contributed by atoms with Crippen LogP contribution < -0.4 is 5.32 Å². The number of benzene rings is 2. The highest BCUT2D eigenvalue weighted by Gasteiger charge is 2.29. The molecule has 8 nitrogen and oxygen atoms in total. The minimum absolute atomic E-state index is 0.0163. The van der Waals surface area contributed by atoms with E-state index in [1.54, 1.807) is 24.3 Å². The van der Waals surface area contributed by atoms with Gasteiger partial charge in [0.15, 0.2) is 4.90 Å². The minimum atomic E-state index is -4.03. The Bertz CT molecular complexity index is 894. The third-order valence-electron chi connectivity index (χ3n) is 3.60. The Morgan fingerprint density at radius 1 is 1.16 bits per heavy atom. The van der Waals surface area contributed by atoms with Crippen molar-refractivity contribution in [1.29, 1.82) is 0 Å². The fourth-order valence-corrected chi connectivity index (χ4v) is 3.55. The Labute approximate surface area is 145 Å². The van der Waals surface area contributed by atoms with Crippen LogP contribution in [-0.4, -0.2) is 37.6 Å². The van der Waals surface area contributed by atoms with Gasteiger partial charge in [0.2, 0.25) is 10.0 Å². The van der Waals surface area contributed by atoms with Gasteiger partial charge in [0.05, 0.1) is 4.92 Å². The molecule has 0 aliphatic heterocycles. The van der Waals surface area contributed by atoms with Crippen LogP contribution in [0, 0.1) is 10.1 Å². The Morgan fingerprint density at radius 3 is 2.32 bits per heavy atom. The van der Waals surface area contributed by atoms with E-state index in [9.17, 15) is 23.3 Å². The van der Waals surface area contributed by atoms with Crippen molar-refractivity contribution >= 4 is 21.6 Å². The van der Waals surface area contributed by atoms with Gasteiger partial charge in [-0.2, -0.15) is 4.31 Å². The van der Waals surface area contributed by atoms with Crippen molar-refractivity contribution in [3.8, 4) is 0 Å². The number of nitrogens with zero attached hydrogens (tertiary/aromatic N) is 2. The molecule has 0 aliphatic carbocycles. The number of carbonyl (C=O) groups excluding carboxylic acids is 1. The molecule has 0 atom stereocenters. The molecule has 0 unspecified atom stereocenters. The number of nitrogens with one attached hydrogen (secondary N) is 1. The number of nitro benzene ring substituents is 1. The Morgan fingerprint density at radius 2 is 1.76 bits per heavy atom. The fourth-order valence-electron chi connectivity index (χ4n) is 2.24. The first kappa shape index (κ1) is 18.6. The van der Waals surface area contributed by atoms with Gasteiger partial charge in [0, 0.05) is 32.3 Å². The van der Waals surface area contributed by atoms with Crippen LogP contribution in [0.25, 0.3) is 0 Å². The standard InChI is InChI=1S/C16H17N3O5S/c1-17-16(20)13-9-7-12(8-10-13)11-18(2)25(23,24)15-6-4-3-5-14(15)19(21)22/h3-10H,11H2,1-2H3,(H,17,20). The molecule has 0 spiro atoms. The molecule has 0 saturated heterocycles. The molecule has 0 heterocycles. The minimum Gasteiger partial charge on any atom is -0.355 e. The summed E-state index contributed by atoms with van der Waals surface area (Å²) >= 11 is 0. The van der Waals surface area contributed by atoms with E-state index < -0.39 is 20.6 Å². The molecule has 9 heteroatoms. The summed E-state index contributed by atoms with van der Waals surface area (Å²) in [7, 11) is -1.17. The predicted octanol–water partition coefficient (Wildman–Crippen LogP) is 1.78. The summed E-state index contributed by atoms with van der Waals surface area (Å²) in [6.45, 7) is 0.0163. The van der Waals surface area contributed by atoms with Crippen molar-refractivity contribution in [3.05, 3.63) is 69.8 Å². The average molecular weight is 363 g/mol. The van der Waals surface area contributed by atoms with Crippen molar-refractivity contribution in [2.45, 2.75) is 11.4 Å². The quantitative estimate of drug-likeness (QED) is 0.621. The lowest BCUT2D eigenvalue weighted by Crippen LogP contribution is -2.27. The van der Waals surface area contributed by atoms with Crippen LogP contribution in [0.15, 0.2) is 53.4 Å². The molecule has 1 amide bonds. The van der Waals surface area contributed by atoms with Gasteiger partial charge >= 0.3 is 0 Å². The van der Waals surface area contributed by atoms with Gasteiger partial charge < -0.3 is 5.32 Å². The first-order chi connectivity index (χ1) is 11.8. The maximum Gasteiger partial charge on any atom is 0.289 e. The molecule has 0 saturated carbocycles. The van der Waals surface area contributed by atoms with Gasteiger partial charge in [-0.15, -0.1) is 0 Å². The van der Waals surface area contributed by atoms with E-state index in [0.29, 0.717) is 11.1 Å². The summed E-state index contributed by atoms with van der Waals surface area (Å²) in [5.41, 5.74) is 0.636. The number of nitro groups is 1. The molecular weight excluding hydrogens is 346 g/mol. The number of hydrogen-bond donors (Lipinski definition) is 1.